The van der Waals surface area contributed by atoms with Gasteiger partial charge in [0.1, 0.15) is 5.76 Å². The molecular weight excluding hydrogens is 408 g/mol. The van der Waals surface area contributed by atoms with Gasteiger partial charge in [0.2, 0.25) is 0 Å². The van der Waals surface area contributed by atoms with Crippen LogP contribution in [-0.2, 0) is 0 Å². The summed E-state index contributed by atoms with van der Waals surface area (Å²) in [7, 11) is 1.62. The highest BCUT2D eigenvalue weighted by Gasteiger charge is 2.21. The lowest BCUT2D eigenvalue weighted by molar-refractivity contribution is 0.251. The number of amides is 2. The third-order valence-corrected chi connectivity index (χ3v) is 5.22. The number of aromatic nitrogens is 2. The van der Waals surface area contributed by atoms with Crippen LogP contribution in [0.4, 0.5) is 10.6 Å². The average molecular weight is 434 g/mol. The van der Waals surface area contributed by atoms with Crippen LogP contribution in [0.1, 0.15) is 29.7 Å². The number of fused-ring (bicyclic) bond motifs is 1. The van der Waals surface area contributed by atoms with Crippen molar-refractivity contribution < 1.29 is 18.8 Å². The van der Waals surface area contributed by atoms with E-state index in [-0.39, 0.29) is 11.9 Å². The smallest absolute Gasteiger partial charge is 0.320 e. The minimum absolute atomic E-state index is 0.125. The number of anilines is 1. The minimum atomic E-state index is -0.360. The molecule has 1 atom stereocenters. The summed E-state index contributed by atoms with van der Waals surface area (Å²) in [6, 6.07) is 15.2. The molecule has 2 aromatic heterocycles. The molecule has 0 bridgehead atoms. The number of ether oxygens (including phenoxy) is 2. The molecule has 0 aliphatic heterocycles. The van der Waals surface area contributed by atoms with E-state index < -0.39 is 0 Å². The summed E-state index contributed by atoms with van der Waals surface area (Å²) in [6.45, 7) is 4.61. The van der Waals surface area contributed by atoms with Crippen LogP contribution < -0.4 is 20.1 Å². The lowest BCUT2D eigenvalue weighted by atomic mass is 9.90. The lowest BCUT2D eigenvalue weighted by Gasteiger charge is -2.20. The second kappa shape index (κ2) is 9.47. The van der Waals surface area contributed by atoms with Crippen LogP contribution in [0.2, 0.25) is 0 Å². The molecule has 8 heteroatoms. The summed E-state index contributed by atoms with van der Waals surface area (Å²) >= 11 is 0. The van der Waals surface area contributed by atoms with Crippen molar-refractivity contribution in [3.8, 4) is 11.5 Å². The zero-order valence-electron chi connectivity index (χ0n) is 18.3. The highest BCUT2D eigenvalue weighted by atomic mass is 16.5. The summed E-state index contributed by atoms with van der Waals surface area (Å²) in [6.07, 6.45) is 1.98. The predicted molar refractivity (Wildman–Crippen MR) is 123 cm³/mol. The number of para-hydroxylation sites is 1. The number of rotatable bonds is 8. The topological polar surface area (TPSA) is 101 Å². The maximum atomic E-state index is 12.5. The SMILES string of the molecule is CCOc1ccc([C@H](CNC(=O)Nc2cc(C)on2)c2c[nH]c3ccccc23)cc1OC. The Balaban J connectivity index is 1.63. The van der Waals surface area contributed by atoms with E-state index in [0.717, 1.165) is 22.0 Å². The number of carbonyl (C=O) groups is 1. The Labute approximate surface area is 185 Å². The zero-order chi connectivity index (χ0) is 22.5. The Morgan fingerprint density at radius 1 is 1.19 bits per heavy atom. The summed E-state index contributed by atoms with van der Waals surface area (Å²) in [5, 5.41) is 10.5. The molecule has 166 valence electrons. The van der Waals surface area contributed by atoms with Crippen molar-refractivity contribution in [3.05, 3.63) is 71.6 Å². The molecule has 0 radical (unpaired) electrons. The van der Waals surface area contributed by atoms with Crippen LogP contribution in [0.3, 0.4) is 0 Å². The molecule has 0 fully saturated rings. The summed E-state index contributed by atoms with van der Waals surface area (Å²) in [4.78, 5) is 15.8. The molecule has 0 spiro atoms. The predicted octanol–water partition coefficient (Wildman–Crippen LogP) is 4.83. The molecule has 2 heterocycles. The van der Waals surface area contributed by atoms with Gasteiger partial charge in [-0.3, -0.25) is 5.32 Å². The highest BCUT2D eigenvalue weighted by Crippen LogP contribution is 2.35. The van der Waals surface area contributed by atoms with Crippen LogP contribution >= 0.6 is 0 Å². The van der Waals surface area contributed by atoms with E-state index >= 15 is 0 Å². The summed E-state index contributed by atoms with van der Waals surface area (Å²) < 4.78 is 16.2. The van der Waals surface area contributed by atoms with Crippen LogP contribution in [0, 0.1) is 6.92 Å². The number of carbonyl (C=O) groups excluding carboxylic acids is 1. The van der Waals surface area contributed by atoms with Crippen LogP contribution in [0.25, 0.3) is 10.9 Å². The normalized spacial score (nSPS) is 11.8. The first-order chi connectivity index (χ1) is 15.6. The van der Waals surface area contributed by atoms with Gasteiger partial charge in [0, 0.05) is 35.6 Å². The quantitative estimate of drug-likeness (QED) is 0.369. The fourth-order valence-corrected chi connectivity index (χ4v) is 3.75. The first-order valence-corrected chi connectivity index (χ1v) is 10.4. The molecule has 4 aromatic rings. The second-order valence-electron chi connectivity index (χ2n) is 7.34. The standard InChI is InChI=1S/C24H26N4O4/c1-4-31-21-10-9-16(12-22(21)30-3)18(19-14-25-20-8-6-5-7-17(19)20)13-26-24(29)27-23-11-15(2)32-28-23/h5-12,14,18,25H,4,13H2,1-3H3,(H2,26,27,28,29)/t18-/m0/s1. The van der Waals surface area contributed by atoms with Gasteiger partial charge in [0.15, 0.2) is 17.3 Å². The largest absolute Gasteiger partial charge is 0.493 e. The van der Waals surface area contributed by atoms with E-state index in [1.165, 1.54) is 0 Å². The number of benzene rings is 2. The molecule has 0 saturated carbocycles. The molecule has 32 heavy (non-hydrogen) atoms. The van der Waals surface area contributed by atoms with Gasteiger partial charge in [0.25, 0.3) is 0 Å². The maximum Gasteiger partial charge on any atom is 0.320 e. The van der Waals surface area contributed by atoms with Gasteiger partial charge in [-0.15, -0.1) is 0 Å². The Morgan fingerprint density at radius 2 is 2.03 bits per heavy atom. The van der Waals surface area contributed by atoms with Gasteiger partial charge in [-0.05, 0) is 43.2 Å². The number of methoxy groups -OCH3 is 1. The van der Waals surface area contributed by atoms with Gasteiger partial charge >= 0.3 is 6.03 Å². The van der Waals surface area contributed by atoms with Gasteiger partial charge in [-0.2, -0.15) is 0 Å². The van der Waals surface area contributed by atoms with E-state index in [4.69, 9.17) is 14.0 Å². The molecule has 2 aromatic carbocycles. The van der Waals surface area contributed by atoms with Crippen molar-refractivity contribution >= 4 is 22.8 Å². The van der Waals surface area contributed by atoms with Gasteiger partial charge in [0.05, 0.1) is 13.7 Å². The minimum Gasteiger partial charge on any atom is -0.493 e. The summed E-state index contributed by atoms with van der Waals surface area (Å²) in [5.74, 6) is 2.20. The van der Waals surface area contributed by atoms with Gasteiger partial charge in [-0.1, -0.05) is 29.4 Å². The van der Waals surface area contributed by atoms with Crippen LogP contribution in [-0.4, -0.2) is 36.4 Å². The third kappa shape index (κ3) is 4.54. The maximum absolute atomic E-state index is 12.5. The van der Waals surface area contributed by atoms with E-state index in [0.29, 0.717) is 36.2 Å². The molecule has 0 saturated heterocycles. The van der Waals surface area contributed by atoms with E-state index in [1.54, 1.807) is 20.1 Å². The highest BCUT2D eigenvalue weighted by molar-refractivity contribution is 5.88. The fraction of sp³-hybridized carbons (Fsp3) is 0.250. The first kappa shape index (κ1) is 21.3. The van der Waals surface area contributed by atoms with E-state index in [9.17, 15) is 4.79 Å². The Hall–Kier alpha value is -3.94. The van der Waals surface area contributed by atoms with Crippen molar-refractivity contribution in [2.24, 2.45) is 0 Å². The van der Waals surface area contributed by atoms with Gasteiger partial charge < -0.3 is 24.3 Å². The lowest BCUT2D eigenvalue weighted by Crippen LogP contribution is -2.32. The molecule has 2 amide bonds. The number of nitrogens with zero attached hydrogens (tertiary/aromatic N) is 1. The van der Waals surface area contributed by atoms with E-state index in [1.807, 2.05) is 49.5 Å². The molecule has 0 aliphatic carbocycles. The third-order valence-electron chi connectivity index (χ3n) is 5.22. The number of urea groups is 1. The molecular formula is C24H26N4O4. The van der Waals surface area contributed by atoms with Crippen molar-refractivity contribution in [3.63, 3.8) is 0 Å². The number of nitrogens with one attached hydrogen (secondary N) is 3. The fourth-order valence-electron chi connectivity index (χ4n) is 3.75. The number of aromatic amines is 1. The van der Waals surface area contributed by atoms with Crippen LogP contribution in [0.15, 0.2) is 59.3 Å². The molecule has 0 unspecified atom stereocenters. The molecule has 8 nitrogen and oxygen atoms in total. The number of hydrogen-bond acceptors (Lipinski definition) is 5. The number of hydrogen-bond donors (Lipinski definition) is 3. The van der Waals surface area contributed by atoms with E-state index in [2.05, 4.69) is 26.8 Å². The van der Waals surface area contributed by atoms with Gasteiger partial charge in [-0.25, -0.2) is 4.79 Å². The Bertz CT molecular complexity index is 1210. The van der Waals surface area contributed by atoms with Crippen molar-refractivity contribution in [1.29, 1.82) is 0 Å². The molecule has 4 rings (SSSR count). The summed E-state index contributed by atoms with van der Waals surface area (Å²) in [5.41, 5.74) is 3.10. The second-order valence-corrected chi connectivity index (χ2v) is 7.34. The Kier molecular flexibility index (Phi) is 6.30. The average Bonchev–Trinajstić information content (AvgIpc) is 3.41. The van der Waals surface area contributed by atoms with Crippen molar-refractivity contribution in [2.45, 2.75) is 19.8 Å². The molecule has 0 aliphatic rings. The molecule has 3 N–H and O–H groups in total. The number of H-pyrrole nitrogens is 1. The van der Waals surface area contributed by atoms with Crippen molar-refractivity contribution in [2.75, 3.05) is 25.6 Å². The zero-order valence-corrected chi connectivity index (χ0v) is 18.3. The monoisotopic (exact) mass is 434 g/mol. The van der Waals surface area contributed by atoms with Crippen LogP contribution in [0.5, 0.6) is 11.5 Å². The Morgan fingerprint density at radius 3 is 2.78 bits per heavy atom. The first-order valence-electron chi connectivity index (χ1n) is 10.4. The number of aryl methyl sites for hydroxylation is 1. The van der Waals surface area contributed by atoms with Crippen molar-refractivity contribution in [1.82, 2.24) is 15.5 Å².